The van der Waals surface area contributed by atoms with Gasteiger partial charge in [0, 0.05) is 12.8 Å². The summed E-state index contributed by atoms with van der Waals surface area (Å²) >= 11 is 0. The summed E-state index contributed by atoms with van der Waals surface area (Å²) in [6.45, 7) is 9.72. The minimum absolute atomic E-state index is 0.0283. The number of ether oxygens (including phenoxy) is 1. The van der Waals surface area contributed by atoms with Crippen LogP contribution in [0.2, 0.25) is 0 Å². The summed E-state index contributed by atoms with van der Waals surface area (Å²) in [7, 11) is 0. The van der Waals surface area contributed by atoms with Crippen molar-refractivity contribution in [2.45, 2.75) is 149 Å². The van der Waals surface area contributed by atoms with Crippen LogP contribution >= 0.6 is 0 Å². The molecule has 0 heterocycles. The molecule has 0 aliphatic heterocycles. The molecule has 0 aromatic carbocycles. The summed E-state index contributed by atoms with van der Waals surface area (Å²) in [5, 5.41) is 0. The lowest BCUT2D eigenvalue weighted by molar-refractivity contribution is -0.151. The van der Waals surface area contributed by atoms with E-state index in [0.29, 0.717) is 17.3 Å². The fourth-order valence-corrected chi connectivity index (χ4v) is 9.05. The molecule has 0 radical (unpaired) electrons. The summed E-state index contributed by atoms with van der Waals surface area (Å²) in [6, 6.07) is 0. The second kappa shape index (κ2) is 11.5. The van der Waals surface area contributed by atoms with E-state index in [9.17, 15) is 4.79 Å². The van der Waals surface area contributed by atoms with Crippen molar-refractivity contribution in [3.63, 3.8) is 0 Å². The van der Waals surface area contributed by atoms with E-state index in [1.807, 2.05) is 0 Å². The first-order valence-corrected chi connectivity index (χ1v) is 15.3. The predicted octanol–water partition coefficient (Wildman–Crippen LogP) is 9.42. The van der Waals surface area contributed by atoms with Crippen LogP contribution in [-0.4, -0.2) is 12.1 Å². The van der Waals surface area contributed by atoms with Gasteiger partial charge in [-0.2, -0.15) is 0 Å². The second-order valence-corrected chi connectivity index (χ2v) is 13.1. The molecule has 0 amide bonds. The minimum atomic E-state index is 0.0283. The number of esters is 1. The molecule has 194 valence electrons. The molecule has 2 heteroatoms. The maximum absolute atomic E-state index is 12.2. The second-order valence-electron chi connectivity index (χ2n) is 13.1. The van der Waals surface area contributed by atoms with E-state index in [2.05, 4.69) is 33.8 Å². The normalized spacial score (nSPS) is 39.1. The molecule has 0 unspecified atom stereocenters. The number of rotatable bonds is 11. The lowest BCUT2D eigenvalue weighted by atomic mass is 9.47. The number of carbonyl (C=O) groups is 1. The van der Waals surface area contributed by atoms with Crippen molar-refractivity contribution in [1.82, 2.24) is 0 Å². The zero-order valence-corrected chi connectivity index (χ0v) is 23.0. The highest BCUT2D eigenvalue weighted by atomic mass is 16.5. The molecule has 0 N–H and O–H groups in total. The quantitative estimate of drug-likeness (QED) is 0.171. The molecular weight excluding hydrogens is 416 g/mol. The summed E-state index contributed by atoms with van der Waals surface area (Å²) < 4.78 is 5.91. The van der Waals surface area contributed by atoms with Crippen LogP contribution in [0.5, 0.6) is 0 Å². The number of fused-ring (bicyclic) bond motifs is 5. The molecule has 0 aromatic heterocycles. The Morgan fingerprint density at radius 3 is 2.47 bits per heavy atom. The summed E-state index contributed by atoms with van der Waals surface area (Å²) in [5.41, 5.74) is 2.59. The van der Waals surface area contributed by atoms with Crippen molar-refractivity contribution in [3.05, 3.63) is 11.6 Å². The van der Waals surface area contributed by atoms with Crippen LogP contribution in [0.25, 0.3) is 0 Å². The van der Waals surface area contributed by atoms with Gasteiger partial charge >= 0.3 is 5.97 Å². The van der Waals surface area contributed by atoms with Crippen LogP contribution in [0.15, 0.2) is 11.6 Å². The standard InChI is InChI=1S/C32H54O2/c1-5-7-9-10-11-12-13-24-16-18-28-27-17-15-25-23-26(34-30(33)14-8-6-2)19-21-32(25,4)29(27)20-22-31(24,28)3/h15,24,26-29H,5-14,16-23H2,1-4H3/t24-,26+,27-,28+,29-,31-,32+/m1/s1. The highest BCUT2D eigenvalue weighted by molar-refractivity contribution is 5.69. The van der Waals surface area contributed by atoms with Crippen LogP contribution < -0.4 is 0 Å². The maximum Gasteiger partial charge on any atom is 0.306 e. The third kappa shape index (κ3) is 5.31. The van der Waals surface area contributed by atoms with Gasteiger partial charge in [-0.3, -0.25) is 4.79 Å². The molecule has 4 aliphatic rings. The van der Waals surface area contributed by atoms with Gasteiger partial charge in [-0.25, -0.2) is 0 Å². The first-order valence-electron chi connectivity index (χ1n) is 15.3. The Kier molecular flexibility index (Phi) is 8.90. The van der Waals surface area contributed by atoms with Crippen molar-refractivity contribution < 1.29 is 9.53 Å². The van der Waals surface area contributed by atoms with Gasteiger partial charge in [0.1, 0.15) is 6.10 Å². The smallest absolute Gasteiger partial charge is 0.306 e. The fraction of sp³-hybridized carbons (Fsp3) is 0.906. The van der Waals surface area contributed by atoms with E-state index < -0.39 is 0 Å². The van der Waals surface area contributed by atoms with E-state index in [4.69, 9.17) is 4.74 Å². The summed E-state index contributed by atoms with van der Waals surface area (Å²) in [4.78, 5) is 12.2. The predicted molar refractivity (Wildman–Crippen MR) is 143 cm³/mol. The molecule has 3 fully saturated rings. The lowest BCUT2D eigenvalue weighted by Crippen LogP contribution is -2.50. The van der Waals surface area contributed by atoms with Crippen molar-refractivity contribution in [2.75, 3.05) is 0 Å². The minimum Gasteiger partial charge on any atom is -0.462 e. The van der Waals surface area contributed by atoms with E-state index in [1.54, 1.807) is 5.57 Å². The molecule has 0 bridgehead atoms. The third-order valence-corrected chi connectivity index (χ3v) is 11.2. The first-order chi connectivity index (χ1) is 16.4. The van der Waals surface area contributed by atoms with Gasteiger partial charge in [-0.15, -0.1) is 0 Å². The topological polar surface area (TPSA) is 26.3 Å². The molecule has 7 atom stereocenters. The molecule has 2 nitrogen and oxygen atoms in total. The van der Waals surface area contributed by atoms with Crippen LogP contribution in [0.1, 0.15) is 143 Å². The van der Waals surface area contributed by atoms with Crippen LogP contribution in [0, 0.1) is 34.5 Å². The van der Waals surface area contributed by atoms with Crippen LogP contribution in [-0.2, 0) is 9.53 Å². The molecule has 4 rings (SSSR count). The van der Waals surface area contributed by atoms with Gasteiger partial charge < -0.3 is 4.74 Å². The molecule has 0 saturated heterocycles. The van der Waals surface area contributed by atoms with Crippen molar-refractivity contribution in [3.8, 4) is 0 Å². The van der Waals surface area contributed by atoms with E-state index in [1.165, 1.54) is 83.5 Å². The molecule has 34 heavy (non-hydrogen) atoms. The number of carbonyl (C=O) groups excluding carboxylic acids is 1. The Bertz CT molecular complexity index is 710. The van der Waals surface area contributed by atoms with E-state index in [-0.39, 0.29) is 12.1 Å². The van der Waals surface area contributed by atoms with Crippen molar-refractivity contribution in [2.24, 2.45) is 34.5 Å². The van der Waals surface area contributed by atoms with E-state index in [0.717, 1.165) is 49.4 Å². The Morgan fingerprint density at radius 2 is 1.68 bits per heavy atom. The number of allylic oxidation sites excluding steroid dienone is 1. The van der Waals surface area contributed by atoms with Crippen molar-refractivity contribution in [1.29, 1.82) is 0 Å². The maximum atomic E-state index is 12.2. The molecule has 0 spiro atoms. The fourth-order valence-electron chi connectivity index (χ4n) is 9.05. The van der Waals surface area contributed by atoms with Gasteiger partial charge in [0.25, 0.3) is 0 Å². The van der Waals surface area contributed by atoms with Crippen LogP contribution in [0.4, 0.5) is 0 Å². The molecule has 0 aromatic rings. The van der Waals surface area contributed by atoms with Gasteiger partial charge in [0.2, 0.25) is 0 Å². The van der Waals surface area contributed by atoms with Crippen LogP contribution in [0.3, 0.4) is 0 Å². The lowest BCUT2D eigenvalue weighted by Gasteiger charge is -2.58. The van der Waals surface area contributed by atoms with Gasteiger partial charge in [-0.1, -0.05) is 84.3 Å². The highest BCUT2D eigenvalue weighted by Gasteiger charge is 2.58. The zero-order valence-electron chi connectivity index (χ0n) is 23.0. The molecule has 4 aliphatic carbocycles. The van der Waals surface area contributed by atoms with Gasteiger partial charge in [0.05, 0.1) is 0 Å². The monoisotopic (exact) mass is 470 g/mol. The highest BCUT2D eigenvalue weighted by Crippen LogP contribution is 2.66. The van der Waals surface area contributed by atoms with Crippen molar-refractivity contribution >= 4 is 5.97 Å². The number of hydrogen-bond acceptors (Lipinski definition) is 2. The first kappa shape index (κ1) is 26.3. The Balaban J connectivity index is 1.35. The largest absolute Gasteiger partial charge is 0.462 e. The summed E-state index contributed by atoms with van der Waals surface area (Å²) in [6.07, 6.45) is 25.9. The van der Waals surface area contributed by atoms with E-state index >= 15 is 0 Å². The van der Waals surface area contributed by atoms with Gasteiger partial charge in [-0.05, 0) is 92.3 Å². The third-order valence-electron chi connectivity index (χ3n) is 11.2. The number of hydrogen-bond donors (Lipinski definition) is 0. The SMILES string of the molecule is CCCCCCCC[C@@H]1CC[C@H]2[C@H]3CC=C4C[C@@H](OC(=O)CCCC)CC[C@]4(C)[C@@H]3CC[C@]12C. The average molecular weight is 471 g/mol. The molecular formula is C32H54O2. The Hall–Kier alpha value is -0.790. The molecule has 3 saturated carbocycles. The van der Waals surface area contributed by atoms with Gasteiger partial charge in [0.15, 0.2) is 0 Å². The summed E-state index contributed by atoms with van der Waals surface area (Å²) in [5.74, 6) is 3.69. The average Bonchev–Trinajstić information content (AvgIpc) is 3.16. The Morgan fingerprint density at radius 1 is 0.912 bits per heavy atom. The number of unbranched alkanes of at least 4 members (excludes halogenated alkanes) is 6. The zero-order chi connectivity index (χ0) is 24.2. The Labute approximate surface area is 211 Å².